The van der Waals surface area contributed by atoms with Crippen LogP contribution in [0.25, 0.3) is 0 Å². The van der Waals surface area contributed by atoms with Gasteiger partial charge in [-0.05, 0) is 37.1 Å². The number of aliphatic hydroxyl groups excluding tert-OH is 2. The number of aryl methyl sites for hydroxylation is 1. The third kappa shape index (κ3) is 2.95. The highest BCUT2D eigenvalue weighted by molar-refractivity contribution is 5.50. The van der Waals surface area contributed by atoms with Gasteiger partial charge in [0, 0.05) is 12.2 Å². The molecule has 16 heavy (non-hydrogen) atoms. The van der Waals surface area contributed by atoms with Gasteiger partial charge in [0.15, 0.2) is 0 Å². The van der Waals surface area contributed by atoms with Crippen molar-refractivity contribution in [1.82, 2.24) is 0 Å². The SMILES string of the molecule is Cc1cc(NC(C)(CO)CO)ccc1CN. The van der Waals surface area contributed by atoms with Crippen molar-refractivity contribution in [3.8, 4) is 0 Å². The number of benzene rings is 1. The second-order valence-corrected chi connectivity index (χ2v) is 4.35. The molecule has 0 aliphatic rings. The van der Waals surface area contributed by atoms with Crippen LogP contribution < -0.4 is 11.1 Å². The van der Waals surface area contributed by atoms with E-state index in [1.807, 2.05) is 25.1 Å². The molecule has 1 aromatic rings. The highest BCUT2D eigenvalue weighted by Crippen LogP contribution is 2.18. The lowest BCUT2D eigenvalue weighted by Crippen LogP contribution is -2.42. The summed E-state index contributed by atoms with van der Waals surface area (Å²) in [4.78, 5) is 0. The molecule has 1 rings (SSSR count). The Morgan fingerprint density at radius 3 is 2.38 bits per heavy atom. The van der Waals surface area contributed by atoms with Crippen LogP contribution in [0.15, 0.2) is 18.2 Å². The topological polar surface area (TPSA) is 78.5 Å². The molecular weight excluding hydrogens is 204 g/mol. The molecule has 0 heterocycles. The highest BCUT2D eigenvalue weighted by atomic mass is 16.3. The second-order valence-electron chi connectivity index (χ2n) is 4.35. The van der Waals surface area contributed by atoms with E-state index in [1.165, 1.54) is 0 Å². The summed E-state index contributed by atoms with van der Waals surface area (Å²) in [6.45, 7) is 4.02. The molecule has 0 bridgehead atoms. The third-order valence-corrected chi connectivity index (χ3v) is 2.71. The first-order valence-corrected chi connectivity index (χ1v) is 5.34. The van der Waals surface area contributed by atoms with E-state index in [1.54, 1.807) is 6.92 Å². The molecule has 0 saturated heterocycles. The second kappa shape index (κ2) is 5.30. The van der Waals surface area contributed by atoms with Crippen molar-refractivity contribution in [1.29, 1.82) is 0 Å². The maximum atomic E-state index is 9.17. The lowest BCUT2D eigenvalue weighted by atomic mass is 10.0. The number of nitrogens with one attached hydrogen (secondary N) is 1. The molecule has 0 aliphatic carbocycles. The van der Waals surface area contributed by atoms with Crippen LogP contribution >= 0.6 is 0 Å². The van der Waals surface area contributed by atoms with Crippen LogP contribution in [0, 0.1) is 6.92 Å². The number of hydrogen-bond donors (Lipinski definition) is 4. The van der Waals surface area contributed by atoms with E-state index in [0.717, 1.165) is 16.8 Å². The molecular formula is C12H20N2O2. The van der Waals surface area contributed by atoms with Crippen molar-refractivity contribution in [2.24, 2.45) is 5.73 Å². The van der Waals surface area contributed by atoms with Gasteiger partial charge < -0.3 is 21.3 Å². The fraction of sp³-hybridized carbons (Fsp3) is 0.500. The fourth-order valence-corrected chi connectivity index (χ4v) is 1.48. The summed E-state index contributed by atoms with van der Waals surface area (Å²) in [6.07, 6.45) is 0. The molecule has 90 valence electrons. The smallest absolute Gasteiger partial charge is 0.0806 e. The summed E-state index contributed by atoms with van der Waals surface area (Å²) in [5.74, 6) is 0. The van der Waals surface area contributed by atoms with Crippen LogP contribution in [0.2, 0.25) is 0 Å². The molecule has 4 heteroatoms. The zero-order valence-electron chi connectivity index (χ0n) is 9.83. The van der Waals surface area contributed by atoms with Crippen LogP contribution in [0.5, 0.6) is 0 Å². The van der Waals surface area contributed by atoms with Gasteiger partial charge in [-0.15, -0.1) is 0 Å². The normalized spacial score (nSPS) is 11.6. The Balaban J connectivity index is 2.86. The van der Waals surface area contributed by atoms with E-state index in [4.69, 9.17) is 5.73 Å². The van der Waals surface area contributed by atoms with E-state index >= 15 is 0 Å². The van der Waals surface area contributed by atoms with Gasteiger partial charge in [-0.25, -0.2) is 0 Å². The Morgan fingerprint density at radius 2 is 1.94 bits per heavy atom. The fourth-order valence-electron chi connectivity index (χ4n) is 1.48. The average molecular weight is 224 g/mol. The molecule has 0 amide bonds. The van der Waals surface area contributed by atoms with Gasteiger partial charge in [-0.2, -0.15) is 0 Å². The third-order valence-electron chi connectivity index (χ3n) is 2.71. The van der Waals surface area contributed by atoms with Crippen LogP contribution in [-0.4, -0.2) is 29.0 Å². The molecule has 1 aromatic carbocycles. The first-order chi connectivity index (χ1) is 7.54. The Morgan fingerprint density at radius 1 is 1.31 bits per heavy atom. The first-order valence-electron chi connectivity index (χ1n) is 5.34. The van der Waals surface area contributed by atoms with Gasteiger partial charge in [0.2, 0.25) is 0 Å². The van der Waals surface area contributed by atoms with E-state index in [0.29, 0.717) is 6.54 Å². The predicted molar refractivity (Wildman–Crippen MR) is 65.3 cm³/mol. The summed E-state index contributed by atoms with van der Waals surface area (Å²) in [5.41, 5.74) is 7.96. The predicted octanol–water partition coefficient (Wildman–Crippen LogP) is 0.609. The van der Waals surface area contributed by atoms with Crippen molar-refractivity contribution in [3.05, 3.63) is 29.3 Å². The summed E-state index contributed by atoms with van der Waals surface area (Å²) >= 11 is 0. The lowest BCUT2D eigenvalue weighted by Gasteiger charge is -2.27. The largest absolute Gasteiger partial charge is 0.394 e. The summed E-state index contributed by atoms with van der Waals surface area (Å²) < 4.78 is 0. The van der Waals surface area contributed by atoms with Crippen LogP contribution in [-0.2, 0) is 6.54 Å². The average Bonchev–Trinajstić information content (AvgIpc) is 2.29. The number of nitrogens with two attached hydrogens (primary N) is 1. The molecule has 0 spiro atoms. The van der Waals surface area contributed by atoms with Gasteiger partial charge in [-0.3, -0.25) is 0 Å². The lowest BCUT2D eigenvalue weighted by molar-refractivity contribution is 0.147. The molecule has 4 nitrogen and oxygen atoms in total. The van der Waals surface area contributed by atoms with Gasteiger partial charge >= 0.3 is 0 Å². The van der Waals surface area contributed by atoms with Gasteiger partial charge in [0.05, 0.1) is 18.8 Å². The molecule has 0 aliphatic heterocycles. The summed E-state index contributed by atoms with van der Waals surface area (Å²) in [7, 11) is 0. The number of hydrogen-bond acceptors (Lipinski definition) is 4. The molecule has 5 N–H and O–H groups in total. The van der Waals surface area contributed by atoms with Crippen LogP contribution in [0.3, 0.4) is 0 Å². The maximum absolute atomic E-state index is 9.17. The summed E-state index contributed by atoms with van der Waals surface area (Å²) in [5, 5.41) is 21.5. The van der Waals surface area contributed by atoms with Crippen molar-refractivity contribution < 1.29 is 10.2 Å². The Hall–Kier alpha value is -1.10. The molecule has 0 atom stereocenters. The van der Waals surface area contributed by atoms with Gasteiger partial charge in [0.1, 0.15) is 0 Å². The summed E-state index contributed by atoms with van der Waals surface area (Å²) in [6, 6.07) is 5.82. The molecule has 0 saturated carbocycles. The minimum absolute atomic E-state index is 0.124. The number of rotatable bonds is 5. The van der Waals surface area contributed by atoms with E-state index in [-0.39, 0.29) is 13.2 Å². The molecule has 0 radical (unpaired) electrons. The van der Waals surface area contributed by atoms with Crippen LogP contribution in [0.1, 0.15) is 18.1 Å². The zero-order chi connectivity index (χ0) is 12.2. The van der Waals surface area contributed by atoms with Crippen molar-refractivity contribution in [2.45, 2.75) is 25.9 Å². The molecule has 0 aromatic heterocycles. The minimum Gasteiger partial charge on any atom is -0.394 e. The van der Waals surface area contributed by atoms with Crippen molar-refractivity contribution >= 4 is 5.69 Å². The van der Waals surface area contributed by atoms with E-state index < -0.39 is 5.54 Å². The standard InChI is InChI=1S/C12H20N2O2/c1-9-5-11(4-3-10(9)6-13)14-12(2,7-15)8-16/h3-5,14-16H,6-8,13H2,1-2H3. The Kier molecular flexibility index (Phi) is 4.29. The molecule has 0 unspecified atom stereocenters. The molecule has 0 fully saturated rings. The first kappa shape index (κ1) is 13.0. The zero-order valence-corrected chi connectivity index (χ0v) is 9.83. The minimum atomic E-state index is -0.698. The highest BCUT2D eigenvalue weighted by Gasteiger charge is 2.21. The van der Waals surface area contributed by atoms with Gasteiger partial charge in [-0.1, -0.05) is 6.07 Å². The van der Waals surface area contributed by atoms with Crippen molar-refractivity contribution in [3.63, 3.8) is 0 Å². The van der Waals surface area contributed by atoms with Crippen LogP contribution in [0.4, 0.5) is 5.69 Å². The van der Waals surface area contributed by atoms with Crippen molar-refractivity contribution in [2.75, 3.05) is 18.5 Å². The maximum Gasteiger partial charge on any atom is 0.0806 e. The Bertz CT molecular complexity index is 349. The Labute approximate surface area is 96.1 Å². The van der Waals surface area contributed by atoms with Gasteiger partial charge in [0.25, 0.3) is 0 Å². The quantitative estimate of drug-likeness (QED) is 0.591. The number of aliphatic hydroxyl groups is 2. The monoisotopic (exact) mass is 224 g/mol. The van der Waals surface area contributed by atoms with E-state index in [2.05, 4.69) is 5.32 Å². The number of anilines is 1. The van der Waals surface area contributed by atoms with E-state index in [9.17, 15) is 10.2 Å².